The van der Waals surface area contributed by atoms with Gasteiger partial charge in [0.25, 0.3) is 5.91 Å². The molecule has 0 aliphatic rings. The van der Waals surface area contributed by atoms with E-state index < -0.39 is 29.6 Å². The van der Waals surface area contributed by atoms with Crippen LogP contribution >= 0.6 is 0 Å². The largest absolute Gasteiger partial charge is 0.481 e. The summed E-state index contributed by atoms with van der Waals surface area (Å²) < 4.78 is 10.8. The van der Waals surface area contributed by atoms with E-state index in [-0.39, 0.29) is 0 Å². The fourth-order valence-electron chi connectivity index (χ4n) is 2.83. The monoisotopic (exact) mass is 381 g/mol. The van der Waals surface area contributed by atoms with Crippen molar-refractivity contribution in [3.05, 3.63) is 76.1 Å². The second kappa shape index (κ2) is 7.96. The molecule has 0 saturated heterocycles. The first kappa shape index (κ1) is 19.2. The second-order valence-electron chi connectivity index (χ2n) is 6.36. The molecule has 0 aliphatic carbocycles. The number of nitrogens with one attached hydrogen (secondary N) is 1. The minimum absolute atomic E-state index is 0.329. The molecule has 1 aromatic heterocycles. The summed E-state index contributed by atoms with van der Waals surface area (Å²) in [5.74, 6) is -1.42. The Hall–Kier alpha value is -3.61. The Kier molecular flexibility index (Phi) is 5.44. The molecule has 2 atom stereocenters. The molecule has 0 saturated carbocycles. The first-order chi connectivity index (χ1) is 13.3. The van der Waals surface area contributed by atoms with Gasteiger partial charge in [-0.3, -0.25) is 4.79 Å². The predicted octanol–water partition coefficient (Wildman–Crippen LogP) is 2.81. The van der Waals surface area contributed by atoms with E-state index in [1.807, 2.05) is 0 Å². The van der Waals surface area contributed by atoms with Crippen molar-refractivity contribution in [3.8, 4) is 5.75 Å². The highest BCUT2D eigenvalue weighted by atomic mass is 16.5. The Labute approximate surface area is 160 Å². The molecule has 0 aliphatic heterocycles. The molecular weight excluding hydrogens is 362 g/mol. The molecule has 28 heavy (non-hydrogen) atoms. The van der Waals surface area contributed by atoms with Crippen LogP contribution in [0.1, 0.15) is 24.1 Å². The lowest BCUT2D eigenvalue weighted by Crippen LogP contribution is -2.41. The number of carboxylic acid groups (broad SMARTS) is 1. The van der Waals surface area contributed by atoms with Gasteiger partial charge in [0.15, 0.2) is 12.1 Å². The molecule has 2 aromatic carbocycles. The number of aryl methyl sites for hydroxylation is 1. The van der Waals surface area contributed by atoms with Gasteiger partial charge in [0.05, 0.1) is 0 Å². The number of carbonyl (C=O) groups is 2. The maximum absolute atomic E-state index is 12.4. The van der Waals surface area contributed by atoms with Crippen LogP contribution in [0.15, 0.2) is 63.8 Å². The van der Waals surface area contributed by atoms with E-state index in [0.717, 1.165) is 10.9 Å². The summed E-state index contributed by atoms with van der Waals surface area (Å²) in [6.45, 7) is 3.31. The molecule has 0 bridgehead atoms. The van der Waals surface area contributed by atoms with E-state index in [0.29, 0.717) is 16.9 Å². The third kappa shape index (κ3) is 4.20. The predicted molar refractivity (Wildman–Crippen MR) is 102 cm³/mol. The number of rotatable bonds is 6. The molecule has 144 valence electrons. The number of ether oxygens (including phenoxy) is 1. The Morgan fingerprint density at radius 2 is 1.82 bits per heavy atom. The van der Waals surface area contributed by atoms with Crippen LogP contribution < -0.4 is 15.7 Å². The molecule has 7 nitrogen and oxygen atoms in total. The molecule has 1 unspecified atom stereocenters. The zero-order valence-electron chi connectivity index (χ0n) is 15.3. The van der Waals surface area contributed by atoms with Crippen LogP contribution in [-0.4, -0.2) is 23.1 Å². The molecule has 3 aromatic rings. The van der Waals surface area contributed by atoms with Crippen LogP contribution in [0.25, 0.3) is 11.0 Å². The van der Waals surface area contributed by atoms with Crippen molar-refractivity contribution >= 4 is 22.8 Å². The normalized spacial score (nSPS) is 12.9. The maximum Gasteiger partial charge on any atom is 0.336 e. The summed E-state index contributed by atoms with van der Waals surface area (Å²) in [4.78, 5) is 35.5. The zero-order valence-corrected chi connectivity index (χ0v) is 15.3. The number of carbonyl (C=O) groups excluding carboxylic acids is 1. The number of aliphatic carboxylic acids is 1. The molecule has 3 rings (SSSR count). The van der Waals surface area contributed by atoms with Crippen molar-refractivity contribution in [1.29, 1.82) is 0 Å². The van der Waals surface area contributed by atoms with Crippen LogP contribution in [0, 0.1) is 6.92 Å². The maximum atomic E-state index is 12.4. The molecule has 0 radical (unpaired) electrons. The quantitative estimate of drug-likeness (QED) is 0.636. The highest BCUT2D eigenvalue weighted by Crippen LogP contribution is 2.23. The zero-order chi connectivity index (χ0) is 20.3. The number of amides is 1. The highest BCUT2D eigenvalue weighted by molar-refractivity contribution is 5.87. The van der Waals surface area contributed by atoms with Crippen molar-refractivity contribution in [2.45, 2.75) is 26.0 Å². The van der Waals surface area contributed by atoms with Crippen LogP contribution in [-0.2, 0) is 9.59 Å². The van der Waals surface area contributed by atoms with Gasteiger partial charge in [-0.2, -0.15) is 0 Å². The SMILES string of the molecule is Cc1cc(=O)oc2cc(OC(C)C(=O)N[C@H](C(=O)O)c3ccccc3)ccc12. The Morgan fingerprint density at radius 3 is 2.50 bits per heavy atom. The van der Waals surface area contributed by atoms with Gasteiger partial charge in [-0.15, -0.1) is 0 Å². The lowest BCUT2D eigenvalue weighted by Gasteiger charge is -2.19. The smallest absolute Gasteiger partial charge is 0.336 e. The van der Waals surface area contributed by atoms with E-state index >= 15 is 0 Å². The summed E-state index contributed by atoms with van der Waals surface area (Å²) in [5.41, 5.74) is 1.11. The van der Waals surface area contributed by atoms with Gasteiger partial charge >= 0.3 is 11.6 Å². The van der Waals surface area contributed by atoms with Crippen molar-refractivity contribution in [2.75, 3.05) is 0 Å². The average molecular weight is 381 g/mol. The van der Waals surface area contributed by atoms with E-state index in [1.165, 1.54) is 19.1 Å². The Bertz CT molecular complexity index is 1070. The van der Waals surface area contributed by atoms with Crippen LogP contribution in [0.2, 0.25) is 0 Å². The van der Waals surface area contributed by atoms with Gasteiger partial charge in [0.2, 0.25) is 0 Å². The fourth-order valence-corrected chi connectivity index (χ4v) is 2.83. The molecule has 0 fully saturated rings. The van der Waals surface area contributed by atoms with Crippen molar-refractivity contribution in [1.82, 2.24) is 5.32 Å². The molecular formula is C21H19NO6. The molecule has 1 heterocycles. The lowest BCUT2D eigenvalue weighted by atomic mass is 10.1. The highest BCUT2D eigenvalue weighted by Gasteiger charge is 2.25. The first-order valence-corrected chi connectivity index (χ1v) is 8.64. The van der Waals surface area contributed by atoms with Crippen LogP contribution in [0.3, 0.4) is 0 Å². The topological polar surface area (TPSA) is 106 Å². The molecule has 7 heteroatoms. The third-order valence-electron chi connectivity index (χ3n) is 4.27. The van der Waals surface area contributed by atoms with Gasteiger partial charge in [0, 0.05) is 17.5 Å². The number of carboxylic acids is 1. The third-order valence-corrected chi connectivity index (χ3v) is 4.27. The van der Waals surface area contributed by atoms with Crippen LogP contribution in [0.5, 0.6) is 5.75 Å². The van der Waals surface area contributed by atoms with Gasteiger partial charge in [0.1, 0.15) is 11.3 Å². The van der Waals surface area contributed by atoms with Crippen molar-refractivity contribution in [3.63, 3.8) is 0 Å². The van der Waals surface area contributed by atoms with Crippen molar-refractivity contribution in [2.24, 2.45) is 0 Å². The van der Waals surface area contributed by atoms with Gasteiger partial charge < -0.3 is 19.6 Å². The standard InChI is InChI=1S/C21H19NO6/c1-12-10-18(23)28-17-11-15(8-9-16(12)17)27-13(2)20(24)22-19(21(25)26)14-6-4-3-5-7-14/h3-11,13,19H,1-2H3,(H,22,24)(H,25,26)/t13?,19-/m0/s1. The molecule has 0 spiro atoms. The Morgan fingerprint density at radius 1 is 1.11 bits per heavy atom. The number of hydrogen-bond acceptors (Lipinski definition) is 5. The lowest BCUT2D eigenvalue weighted by molar-refractivity contribution is -0.143. The summed E-state index contributed by atoms with van der Waals surface area (Å²) in [6, 6.07) is 13.5. The van der Waals surface area contributed by atoms with E-state index in [2.05, 4.69) is 5.32 Å². The van der Waals surface area contributed by atoms with Gasteiger partial charge in [-0.1, -0.05) is 30.3 Å². The van der Waals surface area contributed by atoms with Gasteiger partial charge in [-0.05, 0) is 37.1 Å². The summed E-state index contributed by atoms with van der Waals surface area (Å²) >= 11 is 0. The summed E-state index contributed by atoms with van der Waals surface area (Å²) in [7, 11) is 0. The molecule has 2 N–H and O–H groups in total. The minimum Gasteiger partial charge on any atom is -0.481 e. The number of benzene rings is 2. The average Bonchev–Trinajstić information content (AvgIpc) is 2.65. The molecule has 1 amide bonds. The minimum atomic E-state index is -1.18. The van der Waals surface area contributed by atoms with Crippen LogP contribution in [0.4, 0.5) is 0 Å². The van der Waals surface area contributed by atoms with Crippen molar-refractivity contribution < 1.29 is 23.8 Å². The Balaban J connectivity index is 1.75. The number of hydrogen-bond donors (Lipinski definition) is 2. The van der Waals surface area contributed by atoms with E-state index in [4.69, 9.17) is 9.15 Å². The summed E-state index contributed by atoms with van der Waals surface area (Å²) in [6.07, 6.45) is -0.959. The first-order valence-electron chi connectivity index (χ1n) is 8.64. The summed E-state index contributed by atoms with van der Waals surface area (Å²) in [5, 5.41) is 12.7. The van der Waals surface area contributed by atoms with E-state index in [1.54, 1.807) is 49.4 Å². The van der Waals surface area contributed by atoms with E-state index in [9.17, 15) is 19.5 Å². The fraction of sp³-hybridized carbons (Fsp3) is 0.190. The number of fused-ring (bicyclic) bond motifs is 1. The second-order valence-corrected chi connectivity index (χ2v) is 6.36. The van der Waals surface area contributed by atoms with Gasteiger partial charge in [-0.25, -0.2) is 9.59 Å².